The number of piperazine rings is 1. The van der Waals surface area contributed by atoms with Crippen molar-refractivity contribution in [3.63, 3.8) is 0 Å². The summed E-state index contributed by atoms with van der Waals surface area (Å²) in [6.07, 6.45) is 1.55. The predicted molar refractivity (Wildman–Crippen MR) is 129 cm³/mol. The Morgan fingerprint density at radius 2 is 2.06 bits per heavy atom. The summed E-state index contributed by atoms with van der Waals surface area (Å²) in [5.74, 6) is 1.64. The SMILES string of the molecule is CCc1ccccc1NC(=O)N1CCN(c2nc(Cc3cccc(OC)c3)ns2)CC1C. The van der Waals surface area contributed by atoms with Gasteiger partial charge in [0.25, 0.3) is 0 Å². The number of benzene rings is 2. The number of nitrogens with zero attached hydrogens (tertiary/aromatic N) is 4. The molecule has 1 aliphatic heterocycles. The molecule has 0 spiro atoms. The second-order valence-corrected chi connectivity index (χ2v) is 8.68. The van der Waals surface area contributed by atoms with Gasteiger partial charge in [-0.25, -0.2) is 9.78 Å². The smallest absolute Gasteiger partial charge is 0.322 e. The molecule has 2 heterocycles. The van der Waals surface area contributed by atoms with Gasteiger partial charge in [-0.05, 0) is 42.7 Å². The fourth-order valence-electron chi connectivity index (χ4n) is 3.98. The van der Waals surface area contributed by atoms with Crippen LogP contribution in [0.2, 0.25) is 0 Å². The van der Waals surface area contributed by atoms with E-state index in [4.69, 9.17) is 9.72 Å². The highest BCUT2D eigenvalue weighted by molar-refractivity contribution is 7.09. The summed E-state index contributed by atoms with van der Waals surface area (Å²) >= 11 is 1.42. The summed E-state index contributed by atoms with van der Waals surface area (Å²) in [5.41, 5.74) is 3.15. The third-order valence-corrected chi connectivity index (χ3v) is 6.57. The van der Waals surface area contributed by atoms with Crippen molar-refractivity contribution in [2.75, 3.05) is 37.0 Å². The first-order valence-electron chi connectivity index (χ1n) is 10.9. The number of para-hydroxylation sites is 1. The standard InChI is InChI=1S/C24H29N5O2S/c1-4-19-9-5-6-11-21(19)25-23(30)29-13-12-28(16-17(29)2)24-26-22(27-32-24)15-18-8-7-10-20(14-18)31-3/h5-11,14,17H,4,12-13,15-16H2,1-3H3,(H,25,30). The van der Waals surface area contributed by atoms with Gasteiger partial charge in [0.2, 0.25) is 5.13 Å². The maximum Gasteiger partial charge on any atom is 0.322 e. The maximum absolute atomic E-state index is 12.9. The third-order valence-electron chi connectivity index (χ3n) is 5.75. The fourth-order valence-corrected chi connectivity index (χ4v) is 4.70. The van der Waals surface area contributed by atoms with Crippen molar-refractivity contribution in [1.82, 2.24) is 14.3 Å². The average Bonchev–Trinajstić information content (AvgIpc) is 3.27. The first kappa shape index (κ1) is 22.1. The van der Waals surface area contributed by atoms with Crippen molar-refractivity contribution in [1.29, 1.82) is 0 Å². The quantitative estimate of drug-likeness (QED) is 0.600. The summed E-state index contributed by atoms with van der Waals surface area (Å²) in [5, 5.41) is 4.00. The van der Waals surface area contributed by atoms with Crippen LogP contribution in [0.4, 0.5) is 15.6 Å². The van der Waals surface area contributed by atoms with Crippen molar-refractivity contribution in [3.05, 3.63) is 65.5 Å². The van der Waals surface area contributed by atoms with Gasteiger partial charge in [0.1, 0.15) is 11.6 Å². The Morgan fingerprint density at radius 1 is 1.22 bits per heavy atom. The highest BCUT2D eigenvalue weighted by atomic mass is 32.1. The van der Waals surface area contributed by atoms with Crippen LogP contribution in [-0.2, 0) is 12.8 Å². The molecule has 0 aliphatic carbocycles. The first-order chi connectivity index (χ1) is 15.6. The lowest BCUT2D eigenvalue weighted by Crippen LogP contribution is -2.55. The lowest BCUT2D eigenvalue weighted by Gasteiger charge is -2.39. The number of hydrogen-bond donors (Lipinski definition) is 1. The molecule has 1 saturated heterocycles. The molecule has 2 amide bonds. The van der Waals surface area contributed by atoms with Gasteiger partial charge in [0.15, 0.2) is 0 Å². The van der Waals surface area contributed by atoms with E-state index in [9.17, 15) is 4.79 Å². The predicted octanol–water partition coefficient (Wildman–Crippen LogP) is 4.44. The molecule has 4 rings (SSSR count). The molecule has 1 fully saturated rings. The second kappa shape index (κ2) is 9.99. The maximum atomic E-state index is 12.9. The number of ether oxygens (including phenoxy) is 1. The summed E-state index contributed by atoms with van der Waals surface area (Å²) in [6, 6.07) is 16.0. The Kier molecular flexibility index (Phi) is 6.90. The van der Waals surface area contributed by atoms with E-state index in [1.807, 2.05) is 41.3 Å². The number of carbonyl (C=O) groups is 1. The summed E-state index contributed by atoms with van der Waals surface area (Å²) in [7, 11) is 1.67. The summed E-state index contributed by atoms with van der Waals surface area (Å²) in [4.78, 5) is 21.8. The Balaban J connectivity index is 1.36. The fraction of sp³-hybridized carbons (Fsp3) is 0.375. The van der Waals surface area contributed by atoms with Crippen molar-refractivity contribution >= 4 is 28.4 Å². The van der Waals surface area contributed by atoms with Gasteiger partial charge < -0.3 is 19.9 Å². The molecule has 2 aromatic carbocycles. The number of rotatable bonds is 6. The minimum atomic E-state index is -0.0472. The van der Waals surface area contributed by atoms with Gasteiger partial charge in [-0.2, -0.15) is 4.37 Å². The number of anilines is 2. The number of aryl methyl sites for hydroxylation is 1. The molecule has 1 aliphatic rings. The molecular formula is C24H29N5O2S. The van der Waals surface area contributed by atoms with Crippen LogP contribution in [0.3, 0.4) is 0 Å². The molecule has 1 atom stereocenters. The Hall–Kier alpha value is -3.13. The minimum Gasteiger partial charge on any atom is -0.497 e. The Labute approximate surface area is 193 Å². The minimum absolute atomic E-state index is 0.0472. The van der Waals surface area contributed by atoms with Crippen molar-refractivity contribution in [2.24, 2.45) is 0 Å². The molecule has 1 N–H and O–H groups in total. The molecule has 1 aromatic heterocycles. The van der Waals surface area contributed by atoms with Gasteiger partial charge in [-0.15, -0.1) is 0 Å². The number of carbonyl (C=O) groups excluding carboxylic acids is 1. The van der Waals surface area contributed by atoms with Crippen LogP contribution in [0, 0.1) is 0 Å². The van der Waals surface area contributed by atoms with Crippen LogP contribution in [0.5, 0.6) is 5.75 Å². The zero-order valence-electron chi connectivity index (χ0n) is 18.7. The van der Waals surface area contributed by atoms with Gasteiger partial charge >= 0.3 is 6.03 Å². The number of amides is 2. The van der Waals surface area contributed by atoms with Crippen LogP contribution in [-0.4, -0.2) is 53.1 Å². The highest BCUT2D eigenvalue weighted by Gasteiger charge is 2.29. The second-order valence-electron chi connectivity index (χ2n) is 7.95. The molecular weight excluding hydrogens is 422 g/mol. The number of aromatic nitrogens is 2. The largest absolute Gasteiger partial charge is 0.497 e. The molecule has 32 heavy (non-hydrogen) atoms. The normalized spacial score (nSPS) is 16.2. The van der Waals surface area contributed by atoms with E-state index in [1.54, 1.807) is 7.11 Å². The van der Waals surface area contributed by atoms with Gasteiger partial charge in [0.05, 0.1) is 7.11 Å². The monoisotopic (exact) mass is 451 g/mol. The highest BCUT2D eigenvalue weighted by Crippen LogP contribution is 2.24. The van der Waals surface area contributed by atoms with Crippen LogP contribution < -0.4 is 15.0 Å². The van der Waals surface area contributed by atoms with Crippen LogP contribution in [0.15, 0.2) is 48.5 Å². The molecule has 1 unspecified atom stereocenters. The molecule has 7 nitrogen and oxygen atoms in total. The zero-order chi connectivity index (χ0) is 22.5. The Morgan fingerprint density at radius 3 is 2.84 bits per heavy atom. The lowest BCUT2D eigenvalue weighted by molar-refractivity contribution is 0.185. The van der Waals surface area contributed by atoms with Crippen LogP contribution in [0.1, 0.15) is 30.8 Å². The molecule has 0 saturated carbocycles. The van der Waals surface area contributed by atoms with E-state index >= 15 is 0 Å². The molecule has 0 radical (unpaired) electrons. The number of methoxy groups -OCH3 is 1. The van der Waals surface area contributed by atoms with Crippen LogP contribution >= 0.6 is 11.5 Å². The number of hydrogen-bond acceptors (Lipinski definition) is 6. The number of nitrogens with one attached hydrogen (secondary N) is 1. The van der Waals surface area contributed by atoms with Gasteiger partial charge in [-0.1, -0.05) is 37.3 Å². The first-order valence-corrected chi connectivity index (χ1v) is 11.7. The molecule has 3 aromatic rings. The summed E-state index contributed by atoms with van der Waals surface area (Å²) < 4.78 is 9.85. The van der Waals surface area contributed by atoms with Crippen molar-refractivity contribution < 1.29 is 9.53 Å². The third kappa shape index (κ3) is 5.02. The average molecular weight is 452 g/mol. The Bertz CT molecular complexity index is 1070. The summed E-state index contributed by atoms with van der Waals surface area (Å²) in [6.45, 7) is 6.29. The zero-order valence-corrected chi connectivity index (χ0v) is 19.6. The van der Waals surface area contributed by atoms with E-state index in [-0.39, 0.29) is 12.1 Å². The van der Waals surface area contributed by atoms with Crippen molar-refractivity contribution in [3.8, 4) is 5.75 Å². The van der Waals surface area contributed by atoms with E-state index in [1.165, 1.54) is 11.5 Å². The molecule has 168 valence electrons. The van der Waals surface area contributed by atoms with E-state index in [2.05, 4.69) is 40.6 Å². The van der Waals surface area contributed by atoms with Gasteiger partial charge in [0, 0.05) is 49.3 Å². The van der Waals surface area contributed by atoms with Gasteiger partial charge in [-0.3, -0.25) is 0 Å². The van der Waals surface area contributed by atoms with Crippen LogP contribution in [0.25, 0.3) is 0 Å². The molecule has 0 bridgehead atoms. The lowest BCUT2D eigenvalue weighted by atomic mass is 10.1. The van der Waals surface area contributed by atoms with Crippen molar-refractivity contribution in [2.45, 2.75) is 32.7 Å². The van der Waals surface area contributed by atoms with E-state index in [0.29, 0.717) is 13.0 Å². The topological polar surface area (TPSA) is 70.6 Å². The molecule has 8 heteroatoms. The van der Waals surface area contributed by atoms with E-state index in [0.717, 1.165) is 53.0 Å². The van der Waals surface area contributed by atoms with E-state index < -0.39 is 0 Å². The number of urea groups is 1.